The number of hydrogen-bond donors (Lipinski definition) is 3. The van der Waals surface area contributed by atoms with Crippen LogP contribution in [0.25, 0.3) is 10.9 Å². The van der Waals surface area contributed by atoms with Crippen LogP contribution in [0.4, 0.5) is 5.69 Å². The number of nitrogens with one attached hydrogen (secondary N) is 3. The number of aromatic nitrogens is 2. The van der Waals surface area contributed by atoms with Gasteiger partial charge in [0, 0.05) is 34.6 Å². The van der Waals surface area contributed by atoms with Crippen molar-refractivity contribution in [1.82, 2.24) is 20.4 Å². The van der Waals surface area contributed by atoms with Crippen molar-refractivity contribution in [3.63, 3.8) is 0 Å². The van der Waals surface area contributed by atoms with Gasteiger partial charge in [-0.15, -0.1) is 11.3 Å². The molecule has 4 aromatic rings. The van der Waals surface area contributed by atoms with Crippen LogP contribution in [0, 0.1) is 0 Å². The fourth-order valence-corrected chi connectivity index (χ4v) is 5.29. The Labute approximate surface area is 206 Å². The van der Waals surface area contributed by atoms with Gasteiger partial charge in [-0.05, 0) is 54.8 Å². The molecule has 0 spiro atoms. The van der Waals surface area contributed by atoms with Crippen LogP contribution in [0.5, 0.6) is 0 Å². The van der Waals surface area contributed by atoms with Crippen molar-refractivity contribution < 1.29 is 14.4 Å². The van der Waals surface area contributed by atoms with E-state index in [4.69, 9.17) is 0 Å². The fraction of sp³-hybridized carbons (Fsp3) is 0.231. The summed E-state index contributed by atoms with van der Waals surface area (Å²) in [5, 5.41) is 13.5. The van der Waals surface area contributed by atoms with Crippen LogP contribution in [-0.2, 0) is 17.8 Å². The van der Waals surface area contributed by atoms with E-state index in [0.29, 0.717) is 36.4 Å². The lowest BCUT2D eigenvalue weighted by atomic mass is 10.1. The zero-order chi connectivity index (χ0) is 24.4. The Morgan fingerprint density at radius 3 is 2.74 bits per heavy atom. The van der Waals surface area contributed by atoms with Gasteiger partial charge in [-0.2, -0.15) is 5.10 Å². The van der Waals surface area contributed by atoms with Crippen LogP contribution in [0.2, 0.25) is 0 Å². The summed E-state index contributed by atoms with van der Waals surface area (Å²) in [5.74, 6) is -0.555. The Morgan fingerprint density at radius 1 is 1.11 bits per heavy atom. The number of rotatable bonds is 6. The zero-order valence-corrected chi connectivity index (χ0v) is 20.0. The van der Waals surface area contributed by atoms with Crippen molar-refractivity contribution in [1.29, 1.82) is 0 Å². The highest BCUT2D eigenvalue weighted by Crippen LogP contribution is 2.29. The third kappa shape index (κ3) is 4.81. The van der Waals surface area contributed by atoms with Crippen LogP contribution in [0.1, 0.15) is 43.8 Å². The third-order valence-electron chi connectivity index (χ3n) is 6.15. The molecule has 9 heteroatoms. The van der Waals surface area contributed by atoms with Gasteiger partial charge in [0.05, 0.1) is 16.6 Å². The van der Waals surface area contributed by atoms with Crippen molar-refractivity contribution in [3.8, 4) is 0 Å². The van der Waals surface area contributed by atoms with Gasteiger partial charge in [-0.25, -0.2) is 0 Å². The molecule has 0 bridgehead atoms. The van der Waals surface area contributed by atoms with E-state index in [-0.39, 0.29) is 17.7 Å². The molecule has 35 heavy (non-hydrogen) atoms. The van der Waals surface area contributed by atoms with E-state index in [1.807, 2.05) is 43.3 Å². The molecule has 2 aromatic carbocycles. The minimum atomic E-state index is -0.622. The molecular formula is C26H25N5O3S. The van der Waals surface area contributed by atoms with E-state index in [9.17, 15) is 14.4 Å². The minimum Gasteiger partial charge on any atom is -0.340 e. The molecule has 2 aromatic heterocycles. The van der Waals surface area contributed by atoms with E-state index in [2.05, 4.69) is 20.8 Å². The van der Waals surface area contributed by atoms with Crippen molar-refractivity contribution in [3.05, 3.63) is 81.7 Å². The van der Waals surface area contributed by atoms with Gasteiger partial charge in [0.15, 0.2) is 0 Å². The summed E-state index contributed by atoms with van der Waals surface area (Å²) in [7, 11) is 0. The molecule has 5 rings (SSSR count). The van der Waals surface area contributed by atoms with Crippen molar-refractivity contribution >= 4 is 45.6 Å². The standard InChI is InChI=1S/C26H25N5O3S/c1-2-20(29-24(32)16-8-9-21-17(12-16)14-27-30-21)26(34)31-11-10-22-18(15-31)13-23(35-22)25(33)28-19-6-4-3-5-7-19/h3-9,12-14,20H,2,10-11,15H2,1H3,(H,27,30)(H,28,33)(H,29,32)/t20-/m0/s1. The quantitative estimate of drug-likeness (QED) is 0.383. The molecule has 3 N–H and O–H groups in total. The first-order valence-electron chi connectivity index (χ1n) is 11.5. The van der Waals surface area contributed by atoms with Crippen LogP contribution in [0.15, 0.2) is 60.8 Å². The maximum absolute atomic E-state index is 13.3. The van der Waals surface area contributed by atoms with Gasteiger partial charge in [0.25, 0.3) is 11.8 Å². The number of nitrogens with zero attached hydrogens (tertiary/aromatic N) is 2. The summed E-state index contributed by atoms with van der Waals surface area (Å²) >= 11 is 1.47. The molecule has 3 heterocycles. The Bertz CT molecular complexity index is 1390. The summed E-state index contributed by atoms with van der Waals surface area (Å²) in [6, 6.07) is 15.9. The van der Waals surface area contributed by atoms with Crippen molar-refractivity contribution in [2.24, 2.45) is 0 Å². The topological polar surface area (TPSA) is 107 Å². The first-order valence-corrected chi connectivity index (χ1v) is 12.3. The zero-order valence-electron chi connectivity index (χ0n) is 19.2. The highest BCUT2D eigenvalue weighted by molar-refractivity contribution is 7.14. The lowest BCUT2D eigenvalue weighted by molar-refractivity contribution is -0.134. The number of carbonyl (C=O) groups is 3. The number of hydrogen-bond acceptors (Lipinski definition) is 5. The van der Waals surface area contributed by atoms with Gasteiger partial charge in [0.1, 0.15) is 6.04 Å². The molecule has 0 saturated heterocycles. The Morgan fingerprint density at radius 2 is 1.94 bits per heavy atom. The number of carbonyl (C=O) groups excluding carboxylic acids is 3. The van der Waals surface area contributed by atoms with Gasteiger partial charge in [-0.1, -0.05) is 25.1 Å². The van der Waals surface area contributed by atoms with Gasteiger partial charge >= 0.3 is 0 Å². The molecule has 0 unspecified atom stereocenters. The molecule has 0 fully saturated rings. The lowest BCUT2D eigenvalue weighted by Gasteiger charge is -2.30. The fourth-order valence-electron chi connectivity index (χ4n) is 4.23. The number of benzene rings is 2. The summed E-state index contributed by atoms with van der Waals surface area (Å²) < 4.78 is 0. The van der Waals surface area contributed by atoms with Crippen LogP contribution < -0.4 is 10.6 Å². The second-order valence-electron chi connectivity index (χ2n) is 8.50. The summed E-state index contributed by atoms with van der Waals surface area (Å²) in [6.07, 6.45) is 2.83. The van der Waals surface area contributed by atoms with Crippen molar-refractivity contribution in [2.45, 2.75) is 32.4 Å². The first-order chi connectivity index (χ1) is 17.0. The number of para-hydroxylation sites is 1. The molecule has 3 amide bonds. The monoisotopic (exact) mass is 487 g/mol. The smallest absolute Gasteiger partial charge is 0.265 e. The molecule has 178 valence electrons. The SMILES string of the molecule is CC[C@H](NC(=O)c1ccc2[nH]ncc2c1)C(=O)N1CCc2sc(C(=O)Nc3ccccc3)cc2C1. The van der Waals surface area contributed by atoms with Gasteiger partial charge < -0.3 is 15.5 Å². The molecule has 8 nitrogen and oxygen atoms in total. The number of amides is 3. The predicted octanol–water partition coefficient (Wildman–Crippen LogP) is 3.97. The largest absolute Gasteiger partial charge is 0.340 e. The maximum atomic E-state index is 13.3. The number of fused-ring (bicyclic) bond motifs is 2. The maximum Gasteiger partial charge on any atom is 0.265 e. The van der Waals surface area contributed by atoms with Gasteiger partial charge in [-0.3, -0.25) is 19.5 Å². The van der Waals surface area contributed by atoms with Crippen LogP contribution in [-0.4, -0.2) is 45.4 Å². The second-order valence-corrected chi connectivity index (χ2v) is 9.63. The van der Waals surface area contributed by atoms with E-state index < -0.39 is 6.04 Å². The normalized spacial score (nSPS) is 13.8. The minimum absolute atomic E-state index is 0.114. The Hall–Kier alpha value is -3.98. The number of anilines is 1. The average Bonchev–Trinajstić information content (AvgIpc) is 3.53. The lowest BCUT2D eigenvalue weighted by Crippen LogP contribution is -2.49. The van der Waals surface area contributed by atoms with Crippen LogP contribution in [0.3, 0.4) is 0 Å². The molecule has 0 saturated carbocycles. The second kappa shape index (κ2) is 9.71. The van der Waals surface area contributed by atoms with Crippen LogP contribution >= 0.6 is 11.3 Å². The molecule has 1 aliphatic heterocycles. The number of H-pyrrole nitrogens is 1. The number of thiophene rings is 1. The first kappa shape index (κ1) is 22.8. The number of aromatic amines is 1. The molecular weight excluding hydrogens is 462 g/mol. The summed E-state index contributed by atoms with van der Waals surface area (Å²) in [4.78, 5) is 42.3. The average molecular weight is 488 g/mol. The van der Waals surface area contributed by atoms with E-state index in [1.54, 1.807) is 29.3 Å². The third-order valence-corrected chi connectivity index (χ3v) is 7.38. The molecule has 1 aliphatic rings. The van der Waals surface area contributed by atoms with Crippen molar-refractivity contribution in [2.75, 3.05) is 11.9 Å². The summed E-state index contributed by atoms with van der Waals surface area (Å²) in [6.45, 7) is 2.87. The predicted molar refractivity (Wildman–Crippen MR) is 135 cm³/mol. The molecule has 1 atom stereocenters. The summed E-state index contributed by atoms with van der Waals surface area (Å²) in [5.41, 5.74) is 3.06. The molecule has 0 radical (unpaired) electrons. The Kier molecular flexibility index (Phi) is 6.33. The molecule has 0 aliphatic carbocycles. The highest BCUT2D eigenvalue weighted by Gasteiger charge is 2.29. The highest BCUT2D eigenvalue weighted by atomic mass is 32.1. The van der Waals surface area contributed by atoms with Gasteiger partial charge in [0.2, 0.25) is 5.91 Å². The van der Waals surface area contributed by atoms with E-state index >= 15 is 0 Å². The van der Waals surface area contributed by atoms with E-state index in [0.717, 1.165) is 27.0 Å². The Balaban J connectivity index is 1.24. The van der Waals surface area contributed by atoms with E-state index in [1.165, 1.54) is 11.3 Å².